The minimum atomic E-state index is -0.174. The summed E-state index contributed by atoms with van der Waals surface area (Å²) in [6.45, 7) is 9.81. The Morgan fingerprint density at radius 2 is 1.76 bits per heavy atom. The van der Waals surface area contributed by atoms with Crippen LogP contribution in [0.1, 0.15) is 39.7 Å². The van der Waals surface area contributed by atoms with Crippen molar-refractivity contribution < 1.29 is 9.53 Å². The van der Waals surface area contributed by atoms with Crippen LogP contribution >= 0.6 is 0 Å². The summed E-state index contributed by atoms with van der Waals surface area (Å²) in [6.07, 6.45) is 1.09. The number of hydrogen-bond acceptors (Lipinski definition) is 3. The standard InChI is InChI=1S/C18H29NO2/c1-14(2)11-12-19(5)17(15(3)4)18(20)21-13-16-9-7-6-8-10-16/h6-10,14-15,17H,11-13H2,1-5H3. The van der Waals surface area contributed by atoms with Gasteiger partial charge in [0.25, 0.3) is 0 Å². The summed E-state index contributed by atoms with van der Waals surface area (Å²) in [5.74, 6) is 0.756. The Hall–Kier alpha value is -1.35. The average molecular weight is 291 g/mol. The molecule has 1 atom stereocenters. The number of ether oxygens (including phenoxy) is 1. The van der Waals surface area contributed by atoms with Crippen LogP contribution in [0.15, 0.2) is 30.3 Å². The third kappa shape index (κ3) is 6.30. The molecule has 0 spiro atoms. The van der Waals surface area contributed by atoms with Gasteiger partial charge >= 0.3 is 5.97 Å². The smallest absolute Gasteiger partial charge is 0.323 e. The van der Waals surface area contributed by atoms with Crippen LogP contribution in [-0.2, 0) is 16.1 Å². The van der Waals surface area contributed by atoms with Gasteiger partial charge in [0.2, 0.25) is 0 Å². The predicted molar refractivity (Wildman–Crippen MR) is 86.9 cm³/mol. The number of carbonyl (C=O) groups excluding carboxylic acids is 1. The Morgan fingerprint density at radius 1 is 1.14 bits per heavy atom. The number of esters is 1. The summed E-state index contributed by atoms with van der Waals surface area (Å²) in [5.41, 5.74) is 1.03. The molecule has 1 rings (SSSR count). The fourth-order valence-corrected chi connectivity index (χ4v) is 2.38. The second-order valence-electron chi connectivity index (χ2n) is 6.45. The average Bonchev–Trinajstić information content (AvgIpc) is 2.44. The number of benzene rings is 1. The molecular weight excluding hydrogens is 262 g/mol. The van der Waals surface area contributed by atoms with Crippen LogP contribution in [0.2, 0.25) is 0 Å². The number of hydrogen-bond donors (Lipinski definition) is 0. The van der Waals surface area contributed by atoms with Crippen molar-refractivity contribution in [2.24, 2.45) is 11.8 Å². The highest BCUT2D eigenvalue weighted by Crippen LogP contribution is 2.14. The molecule has 1 unspecified atom stereocenters. The minimum absolute atomic E-state index is 0.125. The third-order valence-electron chi connectivity index (χ3n) is 3.63. The van der Waals surface area contributed by atoms with E-state index in [4.69, 9.17) is 4.74 Å². The summed E-state index contributed by atoms with van der Waals surface area (Å²) in [4.78, 5) is 14.5. The van der Waals surface area contributed by atoms with Gasteiger partial charge in [-0.05, 0) is 37.4 Å². The van der Waals surface area contributed by atoms with E-state index in [0.717, 1.165) is 18.5 Å². The first-order valence-corrected chi connectivity index (χ1v) is 7.82. The SMILES string of the molecule is CC(C)CCN(C)C(C(=O)OCc1ccccc1)C(C)C. The molecule has 0 aromatic heterocycles. The van der Waals surface area contributed by atoms with Crippen LogP contribution in [0.3, 0.4) is 0 Å². The summed E-state index contributed by atoms with van der Waals surface area (Å²) < 4.78 is 5.50. The molecule has 0 aliphatic heterocycles. The molecule has 0 bridgehead atoms. The fourth-order valence-electron chi connectivity index (χ4n) is 2.38. The number of carbonyl (C=O) groups is 1. The molecule has 0 amide bonds. The molecule has 1 aromatic rings. The van der Waals surface area contributed by atoms with E-state index in [-0.39, 0.29) is 17.9 Å². The lowest BCUT2D eigenvalue weighted by atomic mass is 10.0. The summed E-state index contributed by atoms with van der Waals surface area (Å²) in [5, 5.41) is 0. The van der Waals surface area contributed by atoms with E-state index in [0.29, 0.717) is 12.5 Å². The van der Waals surface area contributed by atoms with Crippen molar-refractivity contribution in [2.45, 2.75) is 46.8 Å². The Bertz CT molecular complexity index is 414. The zero-order chi connectivity index (χ0) is 15.8. The number of nitrogens with zero attached hydrogens (tertiary/aromatic N) is 1. The van der Waals surface area contributed by atoms with Crippen molar-refractivity contribution in [1.29, 1.82) is 0 Å². The van der Waals surface area contributed by atoms with Gasteiger partial charge in [-0.2, -0.15) is 0 Å². The van der Waals surface area contributed by atoms with Gasteiger partial charge in [-0.1, -0.05) is 58.0 Å². The van der Waals surface area contributed by atoms with E-state index < -0.39 is 0 Å². The summed E-state index contributed by atoms with van der Waals surface area (Å²) >= 11 is 0. The number of likely N-dealkylation sites (N-methyl/N-ethyl adjacent to an activating group) is 1. The Morgan fingerprint density at radius 3 is 2.29 bits per heavy atom. The monoisotopic (exact) mass is 291 g/mol. The first-order chi connectivity index (χ1) is 9.91. The molecule has 21 heavy (non-hydrogen) atoms. The van der Waals surface area contributed by atoms with Crippen LogP contribution in [0.25, 0.3) is 0 Å². The van der Waals surface area contributed by atoms with E-state index in [1.807, 2.05) is 37.4 Å². The van der Waals surface area contributed by atoms with Crippen LogP contribution in [0.5, 0.6) is 0 Å². The highest BCUT2D eigenvalue weighted by Gasteiger charge is 2.27. The zero-order valence-corrected chi connectivity index (χ0v) is 14.0. The van der Waals surface area contributed by atoms with Crippen molar-refractivity contribution in [1.82, 2.24) is 4.90 Å². The Balaban J connectivity index is 2.56. The van der Waals surface area contributed by atoms with Gasteiger partial charge in [-0.15, -0.1) is 0 Å². The van der Waals surface area contributed by atoms with Gasteiger partial charge in [0.05, 0.1) is 0 Å². The molecule has 1 aromatic carbocycles. The summed E-state index contributed by atoms with van der Waals surface area (Å²) in [7, 11) is 2.01. The molecule has 118 valence electrons. The fraction of sp³-hybridized carbons (Fsp3) is 0.611. The van der Waals surface area contributed by atoms with Crippen LogP contribution in [0, 0.1) is 11.8 Å². The number of rotatable bonds is 8. The summed E-state index contributed by atoms with van der Waals surface area (Å²) in [6, 6.07) is 9.64. The van der Waals surface area contributed by atoms with Crippen molar-refractivity contribution in [3.63, 3.8) is 0 Å². The second-order valence-corrected chi connectivity index (χ2v) is 6.45. The Kier molecular flexibility index (Phi) is 7.44. The van der Waals surface area contributed by atoms with Crippen LogP contribution in [-0.4, -0.2) is 30.5 Å². The van der Waals surface area contributed by atoms with Gasteiger partial charge < -0.3 is 4.74 Å². The third-order valence-corrected chi connectivity index (χ3v) is 3.63. The molecule has 0 saturated heterocycles. The highest BCUT2D eigenvalue weighted by molar-refractivity contribution is 5.76. The largest absolute Gasteiger partial charge is 0.460 e. The molecule has 0 aliphatic rings. The van der Waals surface area contributed by atoms with Gasteiger partial charge in [-0.25, -0.2) is 0 Å². The molecule has 0 N–H and O–H groups in total. The molecule has 0 radical (unpaired) electrons. The van der Waals surface area contributed by atoms with Gasteiger partial charge in [-0.3, -0.25) is 9.69 Å². The van der Waals surface area contributed by atoms with Crippen molar-refractivity contribution in [3.8, 4) is 0 Å². The van der Waals surface area contributed by atoms with E-state index in [9.17, 15) is 4.79 Å². The van der Waals surface area contributed by atoms with Crippen molar-refractivity contribution in [3.05, 3.63) is 35.9 Å². The molecular formula is C18H29NO2. The minimum Gasteiger partial charge on any atom is -0.460 e. The van der Waals surface area contributed by atoms with Gasteiger partial charge in [0.15, 0.2) is 0 Å². The molecule has 0 heterocycles. The topological polar surface area (TPSA) is 29.5 Å². The normalized spacial score (nSPS) is 13.0. The quantitative estimate of drug-likeness (QED) is 0.683. The van der Waals surface area contributed by atoms with E-state index >= 15 is 0 Å². The maximum absolute atomic E-state index is 12.4. The van der Waals surface area contributed by atoms with E-state index in [1.165, 1.54) is 0 Å². The second kappa shape index (κ2) is 8.83. The zero-order valence-electron chi connectivity index (χ0n) is 14.0. The lowest BCUT2D eigenvalue weighted by molar-refractivity contribution is -0.152. The van der Waals surface area contributed by atoms with Gasteiger partial charge in [0, 0.05) is 0 Å². The molecule has 3 heteroatoms. The molecule has 0 fully saturated rings. The molecule has 0 saturated carbocycles. The van der Waals surface area contributed by atoms with Gasteiger partial charge in [0.1, 0.15) is 12.6 Å². The van der Waals surface area contributed by atoms with E-state index in [1.54, 1.807) is 0 Å². The van der Waals surface area contributed by atoms with Crippen LogP contribution in [0.4, 0.5) is 0 Å². The maximum Gasteiger partial charge on any atom is 0.323 e. The Labute approximate surface area is 129 Å². The molecule has 0 aliphatic carbocycles. The molecule has 3 nitrogen and oxygen atoms in total. The first-order valence-electron chi connectivity index (χ1n) is 7.82. The lowest BCUT2D eigenvalue weighted by Gasteiger charge is -2.29. The maximum atomic E-state index is 12.4. The van der Waals surface area contributed by atoms with Crippen LogP contribution < -0.4 is 0 Å². The first kappa shape index (κ1) is 17.7. The van der Waals surface area contributed by atoms with Crippen molar-refractivity contribution >= 4 is 5.97 Å². The lowest BCUT2D eigenvalue weighted by Crippen LogP contribution is -2.44. The van der Waals surface area contributed by atoms with Crippen molar-refractivity contribution in [2.75, 3.05) is 13.6 Å². The van der Waals surface area contributed by atoms with E-state index in [2.05, 4.69) is 32.6 Å². The predicted octanol–water partition coefficient (Wildman–Crippen LogP) is 3.73. The highest BCUT2D eigenvalue weighted by atomic mass is 16.5.